The van der Waals surface area contributed by atoms with Crippen molar-refractivity contribution >= 4 is 27.8 Å². The Bertz CT molecular complexity index is 515. The summed E-state index contributed by atoms with van der Waals surface area (Å²) in [6.07, 6.45) is 2.06. The molecule has 0 radical (unpaired) electrons. The average molecular weight is 303 g/mol. The molecule has 2 heteroatoms. The van der Waals surface area contributed by atoms with Crippen molar-refractivity contribution in [1.82, 2.24) is 0 Å². The third kappa shape index (κ3) is 3.47. The van der Waals surface area contributed by atoms with Crippen molar-refractivity contribution in [3.8, 4) is 0 Å². The Labute approximate surface area is 116 Å². The SMILES string of the molecule is CCO/C(=C\c1ccccc1)c1ccc(Br)cc1. The van der Waals surface area contributed by atoms with Crippen LogP contribution in [0.1, 0.15) is 18.1 Å². The van der Waals surface area contributed by atoms with E-state index in [4.69, 9.17) is 4.74 Å². The molecule has 0 N–H and O–H groups in total. The van der Waals surface area contributed by atoms with Gasteiger partial charge in [0.05, 0.1) is 6.61 Å². The lowest BCUT2D eigenvalue weighted by atomic mass is 10.1. The predicted molar refractivity (Wildman–Crippen MR) is 80.1 cm³/mol. The van der Waals surface area contributed by atoms with E-state index < -0.39 is 0 Å². The molecule has 18 heavy (non-hydrogen) atoms. The predicted octanol–water partition coefficient (Wildman–Crippen LogP) is 4.98. The third-order valence-corrected chi connectivity index (χ3v) is 3.05. The summed E-state index contributed by atoms with van der Waals surface area (Å²) in [6.45, 7) is 2.66. The second-order valence-corrected chi connectivity index (χ2v) is 4.77. The molecule has 0 heterocycles. The van der Waals surface area contributed by atoms with E-state index in [1.54, 1.807) is 0 Å². The van der Waals surface area contributed by atoms with Crippen molar-refractivity contribution < 1.29 is 4.74 Å². The monoisotopic (exact) mass is 302 g/mol. The molecule has 0 atom stereocenters. The van der Waals surface area contributed by atoms with Gasteiger partial charge in [0.1, 0.15) is 5.76 Å². The quantitative estimate of drug-likeness (QED) is 0.571. The maximum Gasteiger partial charge on any atom is 0.127 e. The Morgan fingerprint density at radius 3 is 2.33 bits per heavy atom. The van der Waals surface area contributed by atoms with E-state index in [9.17, 15) is 0 Å². The Hall–Kier alpha value is -1.54. The molecular weight excluding hydrogens is 288 g/mol. The lowest BCUT2D eigenvalue weighted by Crippen LogP contribution is -1.91. The van der Waals surface area contributed by atoms with Gasteiger partial charge in [-0.2, -0.15) is 0 Å². The summed E-state index contributed by atoms with van der Waals surface area (Å²) < 4.78 is 6.79. The molecule has 2 aromatic rings. The first-order valence-electron chi connectivity index (χ1n) is 5.95. The average Bonchev–Trinajstić information content (AvgIpc) is 2.40. The van der Waals surface area contributed by atoms with Crippen LogP contribution in [0.5, 0.6) is 0 Å². The van der Waals surface area contributed by atoms with E-state index in [1.165, 1.54) is 0 Å². The first-order chi connectivity index (χ1) is 8.79. The highest BCUT2D eigenvalue weighted by Gasteiger charge is 2.02. The van der Waals surface area contributed by atoms with Crippen LogP contribution < -0.4 is 0 Å². The van der Waals surface area contributed by atoms with Crippen LogP contribution in [0.15, 0.2) is 59.1 Å². The van der Waals surface area contributed by atoms with Crippen LogP contribution in [0.3, 0.4) is 0 Å². The van der Waals surface area contributed by atoms with Gasteiger partial charge in [0.25, 0.3) is 0 Å². The first kappa shape index (κ1) is 12.9. The second-order valence-electron chi connectivity index (χ2n) is 3.86. The zero-order valence-corrected chi connectivity index (χ0v) is 11.9. The van der Waals surface area contributed by atoms with Crippen molar-refractivity contribution in [2.24, 2.45) is 0 Å². The fourth-order valence-electron chi connectivity index (χ4n) is 1.68. The van der Waals surface area contributed by atoms with Gasteiger partial charge in [-0.1, -0.05) is 58.4 Å². The highest BCUT2D eigenvalue weighted by Crippen LogP contribution is 2.21. The largest absolute Gasteiger partial charge is 0.493 e. The lowest BCUT2D eigenvalue weighted by Gasteiger charge is -2.09. The van der Waals surface area contributed by atoms with Gasteiger partial charge in [-0.05, 0) is 30.7 Å². The van der Waals surface area contributed by atoms with E-state index in [2.05, 4.69) is 46.3 Å². The van der Waals surface area contributed by atoms with Gasteiger partial charge in [0.15, 0.2) is 0 Å². The van der Waals surface area contributed by atoms with E-state index >= 15 is 0 Å². The standard InChI is InChI=1S/C16H15BrO/c1-2-18-16(12-13-6-4-3-5-7-13)14-8-10-15(17)11-9-14/h3-12H,2H2,1H3/b16-12-. The van der Waals surface area contributed by atoms with Crippen molar-refractivity contribution in [1.29, 1.82) is 0 Å². The van der Waals surface area contributed by atoms with E-state index in [-0.39, 0.29) is 0 Å². The molecule has 0 aliphatic rings. The molecule has 0 fully saturated rings. The molecule has 0 bridgehead atoms. The van der Waals surface area contributed by atoms with Gasteiger partial charge in [-0.15, -0.1) is 0 Å². The molecular formula is C16H15BrO. The molecule has 0 saturated heterocycles. The van der Waals surface area contributed by atoms with E-state index in [1.807, 2.05) is 37.3 Å². The number of ether oxygens (including phenoxy) is 1. The first-order valence-corrected chi connectivity index (χ1v) is 6.74. The summed E-state index contributed by atoms with van der Waals surface area (Å²) in [4.78, 5) is 0. The molecule has 0 spiro atoms. The molecule has 92 valence electrons. The molecule has 1 nitrogen and oxygen atoms in total. The summed E-state index contributed by atoms with van der Waals surface area (Å²) >= 11 is 3.44. The van der Waals surface area contributed by atoms with Gasteiger partial charge >= 0.3 is 0 Å². The molecule has 0 aromatic heterocycles. The topological polar surface area (TPSA) is 9.23 Å². The minimum atomic E-state index is 0.661. The smallest absolute Gasteiger partial charge is 0.127 e. The summed E-state index contributed by atoms with van der Waals surface area (Å²) in [7, 11) is 0. The van der Waals surface area contributed by atoms with Crippen molar-refractivity contribution in [3.05, 3.63) is 70.2 Å². The lowest BCUT2D eigenvalue weighted by molar-refractivity contribution is 0.300. The molecule has 0 unspecified atom stereocenters. The summed E-state index contributed by atoms with van der Waals surface area (Å²) in [5.41, 5.74) is 2.23. The maximum atomic E-state index is 5.72. The number of rotatable bonds is 4. The molecule has 0 saturated carbocycles. The van der Waals surface area contributed by atoms with Crippen LogP contribution in [0.2, 0.25) is 0 Å². The Balaban J connectivity index is 2.33. The molecule has 0 amide bonds. The Morgan fingerprint density at radius 2 is 1.72 bits per heavy atom. The summed E-state index contributed by atoms with van der Waals surface area (Å²) in [5.74, 6) is 0.899. The van der Waals surface area contributed by atoms with Crippen LogP contribution in [0.4, 0.5) is 0 Å². The van der Waals surface area contributed by atoms with E-state index in [0.717, 1.165) is 21.4 Å². The van der Waals surface area contributed by atoms with Crippen LogP contribution in [-0.4, -0.2) is 6.61 Å². The van der Waals surface area contributed by atoms with Gasteiger partial charge < -0.3 is 4.74 Å². The molecule has 2 rings (SSSR count). The number of benzene rings is 2. The minimum absolute atomic E-state index is 0.661. The van der Waals surface area contributed by atoms with Crippen LogP contribution in [0, 0.1) is 0 Å². The van der Waals surface area contributed by atoms with Gasteiger partial charge in [0.2, 0.25) is 0 Å². The highest BCUT2D eigenvalue weighted by molar-refractivity contribution is 9.10. The number of hydrogen-bond donors (Lipinski definition) is 0. The van der Waals surface area contributed by atoms with Crippen molar-refractivity contribution in [2.45, 2.75) is 6.92 Å². The van der Waals surface area contributed by atoms with Crippen molar-refractivity contribution in [2.75, 3.05) is 6.61 Å². The molecule has 0 aliphatic carbocycles. The van der Waals surface area contributed by atoms with Crippen LogP contribution in [0.25, 0.3) is 11.8 Å². The van der Waals surface area contributed by atoms with Gasteiger partial charge in [-0.25, -0.2) is 0 Å². The summed E-state index contributed by atoms with van der Waals surface area (Å²) in [5, 5.41) is 0. The number of halogens is 1. The van der Waals surface area contributed by atoms with Crippen molar-refractivity contribution in [3.63, 3.8) is 0 Å². The second kappa shape index (κ2) is 6.41. The normalized spacial score (nSPS) is 11.3. The molecule has 0 aliphatic heterocycles. The summed E-state index contributed by atoms with van der Waals surface area (Å²) in [6, 6.07) is 18.3. The Kier molecular flexibility index (Phi) is 4.59. The fraction of sp³-hybridized carbons (Fsp3) is 0.125. The van der Waals surface area contributed by atoms with Crippen LogP contribution >= 0.6 is 15.9 Å². The highest BCUT2D eigenvalue weighted by atomic mass is 79.9. The maximum absolute atomic E-state index is 5.72. The van der Waals surface area contributed by atoms with Crippen LogP contribution in [-0.2, 0) is 4.74 Å². The third-order valence-electron chi connectivity index (χ3n) is 2.53. The zero-order valence-electron chi connectivity index (χ0n) is 10.3. The Morgan fingerprint density at radius 1 is 1.06 bits per heavy atom. The fourth-order valence-corrected chi connectivity index (χ4v) is 1.94. The van der Waals surface area contributed by atoms with E-state index in [0.29, 0.717) is 6.61 Å². The van der Waals surface area contributed by atoms with Gasteiger partial charge in [0, 0.05) is 10.0 Å². The van der Waals surface area contributed by atoms with Gasteiger partial charge in [-0.3, -0.25) is 0 Å². The number of hydrogen-bond acceptors (Lipinski definition) is 1. The molecule has 2 aromatic carbocycles. The zero-order chi connectivity index (χ0) is 12.8. The minimum Gasteiger partial charge on any atom is -0.493 e.